The van der Waals surface area contributed by atoms with Gasteiger partial charge in [-0.1, -0.05) is 12.1 Å². The molecule has 0 radical (unpaired) electrons. The number of ether oxygens (including phenoxy) is 1. The monoisotopic (exact) mass is 250 g/mol. The summed E-state index contributed by atoms with van der Waals surface area (Å²) in [7, 11) is 1.39. The van der Waals surface area contributed by atoms with E-state index in [2.05, 4.69) is 5.10 Å². The maximum absolute atomic E-state index is 14.0. The Kier molecular flexibility index (Phi) is 3.62. The molecule has 1 N–H and O–H groups in total. The molecule has 96 valence electrons. The van der Waals surface area contributed by atoms with E-state index in [0.29, 0.717) is 12.2 Å². The van der Waals surface area contributed by atoms with Gasteiger partial charge in [-0.15, -0.1) is 0 Å². The summed E-state index contributed by atoms with van der Waals surface area (Å²) < 4.78 is 20.6. The van der Waals surface area contributed by atoms with Crippen LogP contribution in [-0.2, 0) is 6.54 Å². The van der Waals surface area contributed by atoms with Gasteiger partial charge >= 0.3 is 0 Å². The molecule has 1 atom stereocenters. The van der Waals surface area contributed by atoms with E-state index in [1.54, 1.807) is 23.0 Å². The van der Waals surface area contributed by atoms with Gasteiger partial charge in [0.1, 0.15) is 6.10 Å². The second-order valence-electron chi connectivity index (χ2n) is 3.84. The van der Waals surface area contributed by atoms with E-state index in [1.807, 2.05) is 6.92 Å². The SMILES string of the molecule is CCn1nccc1C(O)c1cccc(OC)c1F. The van der Waals surface area contributed by atoms with E-state index in [0.717, 1.165) is 0 Å². The maximum atomic E-state index is 14.0. The van der Waals surface area contributed by atoms with E-state index >= 15 is 0 Å². The zero-order valence-corrected chi connectivity index (χ0v) is 10.3. The number of hydrogen-bond acceptors (Lipinski definition) is 3. The van der Waals surface area contributed by atoms with Crippen molar-refractivity contribution in [3.63, 3.8) is 0 Å². The lowest BCUT2D eigenvalue weighted by Crippen LogP contribution is -2.10. The first-order chi connectivity index (χ1) is 8.69. The lowest BCUT2D eigenvalue weighted by Gasteiger charge is -2.14. The third-order valence-electron chi connectivity index (χ3n) is 2.84. The summed E-state index contributed by atoms with van der Waals surface area (Å²) in [6, 6.07) is 6.37. The van der Waals surface area contributed by atoms with Crippen LogP contribution in [0.3, 0.4) is 0 Å². The summed E-state index contributed by atoms with van der Waals surface area (Å²) in [5.41, 5.74) is 0.745. The van der Waals surface area contributed by atoms with Crippen molar-refractivity contribution in [3.8, 4) is 5.75 Å². The Labute approximate surface area is 105 Å². The number of benzene rings is 1. The Morgan fingerprint density at radius 3 is 2.89 bits per heavy atom. The molecule has 0 aliphatic heterocycles. The normalized spacial score (nSPS) is 12.4. The molecular formula is C13H15FN2O2. The van der Waals surface area contributed by atoms with Gasteiger partial charge in [0.05, 0.1) is 12.8 Å². The van der Waals surface area contributed by atoms with E-state index in [-0.39, 0.29) is 11.3 Å². The van der Waals surface area contributed by atoms with Crippen molar-refractivity contribution in [2.24, 2.45) is 0 Å². The number of halogens is 1. The van der Waals surface area contributed by atoms with Gasteiger partial charge in [-0.05, 0) is 19.1 Å². The Morgan fingerprint density at radius 1 is 1.44 bits per heavy atom. The molecule has 0 saturated carbocycles. The Balaban J connectivity index is 2.43. The van der Waals surface area contributed by atoms with Crippen molar-refractivity contribution < 1.29 is 14.2 Å². The van der Waals surface area contributed by atoms with E-state index in [9.17, 15) is 9.50 Å². The third-order valence-corrected chi connectivity index (χ3v) is 2.84. The van der Waals surface area contributed by atoms with Crippen LogP contribution in [0, 0.1) is 5.82 Å². The summed E-state index contributed by atoms with van der Waals surface area (Å²) in [5, 5.41) is 14.3. The maximum Gasteiger partial charge on any atom is 0.171 e. The molecule has 1 aromatic heterocycles. The molecule has 0 aliphatic carbocycles. The van der Waals surface area contributed by atoms with Gasteiger partial charge < -0.3 is 9.84 Å². The van der Waals surface area contributed by atoms with Crippen LogP contribution in [0.2, 0.25) is 0 Å². The first-order valence-electron chi connectivity index (χ1n) is 5.71. The average molecular weight is 250 g/mol. The van der Waals surface area contributed by atoms with Crippen molar-refractivity contribution in [3.05, 3.63) is 47.5 Å². The summed E-state index contributed by atoms with van der Waals surface area (Å²) >= 11 is 0. The summed E-state index contributed by atoms with van der Waals surface area (Å²) in [6.45, 7) is 2.52. The lowest BCUT2D eigenvalue weighted by molar-refractivity contribution is 0.201. The van der Waals surface area contributed by atoms with Crippen LogP contribution < -0.4 is 4.74 Å². The third kappa shape index (κ3) is 2.09. The highest BCUT2D eigenvalue weighted by Crippen LogP contribution is 2.28. The zero-order valence-electron chi connectivity index (χ0n) is 10.3. The highest BCUT2D eigenvalue weighted by atomic mass is 19.1. The van der Waals surface area contributed by atoms with Crippen molar-refractivity contribution in [2.45, 2.75) is 19.6 Å². The second-order valence-corrected chi connectivity index (χ2v) is 3.84. The molecular weight excluding hydrogens is 235 g/mol. The molecule has 0 bridgehead atoms. The number of aryl methyl sites for hydroxylation is 1. The molecule has 0 fully saturated rings. The van der Waals surface area contributed by atoms with Crippen LogP contribution >= 0.6 is 0 Å². The van der Waals surface area contributed by atoms with Crippen LogP contribution in [0.1, 0.15) is 24.3 Å². The van der Waals surface area contributed by atoms with E-state index < -0.39 is 11.9 Å². The topological polar surface area (TPSA) is 47.3 Å². The molecule has 0 aliphatic rings. The quantitative estimate of drug-likeness (QED) is 0.904. The van der Waals surface area contributed by atoms with Crippen molar-refractivity contribution in [1.82, 2.24) is 9.78 Å². The second kappa shape index (κ2) is 5.18. The minimum absolute atomic E-state index is 0.120. The number of rotatable bonds is 4. The minimum atomic E-state index is -1.05. The number of nitrogens with zero attached hydrogens (tertiary/aromatic N) is 2. The molecule has 1 unspecified atom stereocenters. The zero-order chi connectivity index (χ0) is 13.1. The number of hydrogen-bond donors (Lipinski definition) is 1. The minimum Gasteiger partial charge on any atom is -0.494 e. The largest absolute Gasteiger partial charge is 0.494 e. The molecule has 18 heavy (non-hydrogen) atoms. The van der Waals surface area contributed by atoms with Crippen molar-refractivity contribution in [2.75, 3.05) is 7.11 Å². The van der Waals surface area contributed by atoms with Crippen LogP contribution in [0.25, 0.3) is 0 Å². The Bertz CT molecular complexity index is 540. The molecule has 0 amide bonds. The Morgan fingerprint density at radius 2 is 2.22 bits per heavy atom. The number of aliphatic hydroxyl groups is 1. The van der Waals surface area contributed by atoms with Crippen molar-refractivity contribution >= 4 is 0 Å². The molecule has 1 aromatic carbocycles. The first kappa shape index (κ1) is 12.6. The number of aliphatic hydroxyl groups excluding tert-OH is 1. The predicted octanol–water partition coefficient (Wildman–Crippen LogP) is 2.13. The van der Waals surface area contributed by atoms with Gasteiger partial charge in [-0.2, -0.15) is 5.10 Å². The molecule has 1 heterocycles. The first-order valence-corrected chi connectivity index (χ1v) is 5.71. The van der Waals surface area contributed by atoms with Crippen molar-refractivity contribution in [1.29, 1.82) is 0 Å². The highest BCUT2D eigenvalue weighted by Gasteiger charge is 2.20. The van der Waals surface area contributed by atoms with Gasteiger partial charge in [0.2, 0.25) is 0 Å². The predicted molar refractivity (Wildman–Crippen MR) is 64.9 cm³/mol. The molecule has 0 spiro atoms. The Hall–Kier alpha value is -1.88. The van der Waals surface area contributed by atoms with E-state index in [4.69, 9.17) is 4.74 Å². The van der Waals surface area contributed by atoms with Gasteiger partial charge in [0.15, 0.2) is 11.6 Å². The standard InChI is InChI=1S/C13H15FN2O2/c1-3-16-10(7-8-15-16)13(17)9-5-4-6-11(18-2)12(9)14/h4-8,13,17H,3H2,1-2H3. The van der Waals surface area contributed by atoms with Gasteiger partial charge in [-0.25, -0.2) is 4.39 Å². The smallest absolute Gasteiger partial charge is 0.171 e. The fourth-order valence-electron chi connectivity index (χ4n) is 1.90. The van der Waals surface area contributed by atoms with Crippen LogP contribution in [0.15, 0.2) is 30.5 Å². The fourth-order valence-corrected chi connectivity index (χ4v) is 1.90. The average Bonchev–Trinajstić information content (AvgIpc) is 2.86. The molecule has 5 heteroatoms. The number of methoxy groups -OCH3 is 1. The molecule has 2 aromatic rings. The summed E-state index contributed by atoms with van der Waals surface area (Å²) in [6.07, 6.45) is 0.530. The van der Waals surface area contributed by atoms with E-state index in [1.165, 1.54) is 19.2 Å². The molecule has 4 nitrogen and oxygen atoms in total. The van der Waals surface area contributed by atoms with Crippen LogP contribution in [-0.4, -0.2) is 22.0 Å². The summed E-state index contributed by atoms with van der Waals surface area (Å²) in [4.78, 5) is 0. The lowest BCUT2D eigenvalue weighted by atomic mass is 10.1. The van der Waals surface area contributed by atoms with Gasteiger partial charge in [-0.3, -0.25) is 4.68 Å². The van der Waals surface area contributed by atoms with Crippen LogP contribution in [0.5, 0.6) is 5.75 Å². The molecule has 2 rings (SSSR count). The fraction of sp³-hybridized carbons (Fsp3) is 0.308. The molecule has 0 saturated heterocycles. The highest BCUT2D eigenvalue weighted by molar-refractivity contribution is 5.35. The van der Waals surface area contributed by atoms with Gasteiger partial charge in [0.25, 0.3) is 0 Å². The number of aromatic nitrogens is 2. The van der Waals surface area contributed by atoms with Crippen LogP contribution in [0.4, 0.5) is 4.39 Å². The summed E-state index contributed by atoms with van der Waals surface area (Å²) in [5.74, 6) is -0.425. The van der Waals surface area contributed by atoms with Gasteiger partial charge in [0, 0.05) is 18.3 Å².